The van der Waals surface area contributed by atoms with Gasteiger partial charge in [0.25, 0.3) is 0 Å². The minimum absolute atomic E-state index is 0.709. The highest BCUT2D eigenvalue weighted by Gasteiger charge is 2.13. The number of hydrogen-bond acceptors (Lipinski definition) is 5. The van der Waals surface area contributed by atoms with Gasteiger partial charge in [-0.2, -0.15) is 0 Å². The first-order valence-electron chi connectivity index (χ1n) is 7.82. The second kappa shape index (κ2) is 6.09. The summed E-state index contributed by atoms with van der Waals surface area (Å²) in [5.74, 6) is 4.21. The molecule has 0 saturated carbocycles. The summed E-state index contributed by atoms with van der Waals surface area (Å²) < 4.78 is 5.78. The molecule has 2 N–H and O–H groups in total. The van der Waals surface area contributed by atoms with Crippen LogP contribution in [0, 0.1) is 12.3 Å². The molecular weight excluding hydrogens is 300 g/mol. The molecule has 5 nitrogen and oxygen atoms in total. The molecule has 0 bridgehead atoms. The second-order valence-electron chi connectivity index (χ2n) is 5.57. The van der Waals surface area contributed by atoms with E-state index in [2.05, 4.69) is 26.5 Å². The quantitative estimate of drug-likeness (QED) is 0.708. The van der Waals surface area contributed by atoms with Crippen LogP contribution in [-0.4, -0.2) is 23.1 Å². The van der Waals surface area contributed by atoms with Gasteiger partial charge in [-0.3, -0.25) is 0 Å². The van der Waals surface area contributed by atoms with E-state index in [0.717, 1.165) is 52.4 Å². The van der Waals surface area contributed by atoms with E-state index in [1.54, 1.807) is 6.33 Å². The maximum absolute atomic E-state index is 5.78. The first-order valence-corrected chi connectivity index (χ1v) is 7.82. The lowest BCUT2D eigenvalue weighted by Crippen LogP contribution is -2.00. The van der Waals surface area contributed by atoms with Gasteiger partial charge in [0.2, 0.25) is 0 Å². The summed E-state index contributed by atoms with van der Waals surface area (Å²) in [4.78, 5) is 8.75. The summed E-state index contributed by atoms with van der Waals surface area (Å²) in [6.45, 7) is 1.60. The highest BCUT2D eigenvalue weighted by atomic mass is 16.5. The van der Waals surface area contributed by atoms with E-state index in [4.69, 9.17) is 11.2 Å². The maximum Gasteiger partial charge on any atom is 0.144 e. The standard InChI is InChI=1S/C19H16N4O/c1-2-13-5-3-6-14(9-13)23-19-15-10-17-18(24-8-4-7-20-17)11-16(15)21-12-22-19/h1,3,5-6,9-12,20H,4,7-8H2,(H,21,22,23). The number of rotatable bonds is 2. The van der Waals surface area contributed by atoms with Gasteiger partial charge in [-0.1, -0.05) is 12.0 Å². The maximum atomic E-state index is 5.78. The van der Waals surface area contributed by atoms with Crippen LogP contribution >= 0.6 is 0 Å². The Kier molecular flexibility index (Phi) is 3.64. The number of anilines is 3. The average Bonchev–Trinajstić information content (AvgIpc) is 2.85. The van der Waals surface area contributed by atoms with Crippen molar-refractivity contribution >= 4 is 28.1 Å². The molecule has 3 aromatic rings. The molecule has 1 aliphatic heterocycles. The van der Waals surface area contributed by atoms with Gasteiger partial charge < -0.3 is 15.4 Å². The van der Waals surface area contributed by atoms with Crippen LogP contribution in [0.25, 0.3) is 10.9 Å². The first-order chi connectivity index (χ1) is 11.8. The molecule has 2 aromatic carbocycles. The lowest BCUT2D eigenvalue weighted by molar-refractivity contribution is 0.323. The van der Waals surface area contributed by atoms with E-state index >= 15 is 0 Å². The van der Waals surface area contributed by atoms with Crippen molar-refractivity contribution in [1.29, 1.82) is 0 Å². The van der Waals surface area contributed by atoms with Crippen LogP contribution in [0.15, 0.2) is 42.7 Å². The van der Waals surface area contributed by atoms with E-state index in [-0.39, 0.29) is 0 Å². The minimum Gasteiger partial charge on any atom is -0.491 e. The summed E-state index contributed by atoms with van der Waals surface area (Å²) >= 11 is 0. The largest absolute Gasteiger partial charge is 0.491 e. The van der Waals surface area contributed by atoms with Gasteiger partial charge in [-0.15, -0.1) is 6.42 Å². The summed E-state index contributed by atoms with van der Waals surface area (Å²) in [5.41, 5.74) is 3.52. The molecule has 2 heterocycles. The number of nitrogens with one attached hydrogen (secondary N) is 2. The number of aromatic nitrogens is 2. The Morgan fingerprint density at radius 2 is 2.17 bits per heavy atom. The van der Waals surface area contributed by atoms with Crippen molar-refractivity contribution < 1.29 is 4.74 Å². The number of benzene rings is 2. The van der Waals surface area contributed by atoms with E-state index in [1.165, 1.54) is 0 Å². The number of nitrogens with zero attached hydrogens (tertiary/aromatic N) is 2. The number of hydrogen-bond donors (Lipinski definition) is 2. The summed E-state index contributed by atoms with van der Waals surface area (Å²) in [5, 5.41) is 7.65. The molecule has 0 aliphatic carbocycles. The van der Waals surface area contributed by atoms with Crippen LogP contribution in [0.3, 0.4) is 0 Å². The average molecular weight is 316 g/mol. The minimum atomic E-state index is 0.709. The monoisotopic (exact) mass is 316 g/mol. The lowest BCUT2D eigenvalue weighted by Gasteiger charge is -2.12. The van der Waals surface area contributed by atoms with Crippen LogP contribution in [0.4, 0.5) is 17.2 Å². The zero-order chi connectivity index (χ0) is 16.4. The van der Waals surface area contributed by atoms with E-state index < -0.39 is 0 Å². The molecule has 1 aromatic heterocycles. The zero-order valence-corrected chi connectivity index (χ0v) is 13.0. The van der Waals surface area contributed by atoms with Crippen molar-refractivity contribution in [2.75, 3.05) is 23.8 Å². The van der Waals surface area contributed by atoms with Crippen LogP contribution in [0.1, 0.15) is 12.0 Å². The molecule has 0 radical (unpaired) electrons. The molecule has 118 valence electrons. The van der Waals surface area contributed by atoms with Crippen molar-refractivity contribution in [2.45, 2.75) is 6.42 Å². The molecule has 5 heteroatoms. The predicted molar refractivity (Wildman–Crippen MR) is 95.8 cm³/mol. The molecule has 4 rings (SSSR count). The Morgan fingerprint density at radius 3 is 3.08 bits per heavy atom. The third-order valence-electron chi connectivity index (χ3n) is 3.92. The van der Waals surface area contributed by atoms with Gasteiger partial charge in [0.15, 0.2) is 0 Å². The molecule has 0 spiro atoms. The van der Waals surface area contributed by atoms with Crippen molar-refractivity contribution in [3.05, 3.63) is 48.3 Å². The fraction of sp³-hybridized carbons (Fsp3) is 0.158. The fourth-order valence-electron chi connectivity index (χ4n) is 2.74. The molecule has 1 aliphatic rings. The molecule has 0 amide bonds. The Labute approximate surface area is 140 Å². The molecular formula is C19H16N4O. The highest BCUT2D eigenvalue weighted by molar-refractivity contribution is 5.95. The molecule has 0 fully saturated rings. The van der Waals surface area contributed by atoms with Crippen molar-refractivity contribution in [3.63, 3.8) is 0 Å². The molecule has 0 saturated heterocycles. The Bertz CT molecular complexity index is 946. The number of terminal acetylenes is 1. The number of fused-ring (bicyclic) bond motifs is 2. The SMILES string of the molecule is C#Cc1cccc(Nc2ncnc3cc4c(cc23)NCCCO4)c1. The predicted octanol–water partition coefficient (Wildman–Crippen LogP) is 3.55. The Balaban J connectivity index is 1.78. The molecule has 0 unspecified atom stereocenters. The smallest absolute Gasteiger partial charge is 0.144 e. The van der Waals surface area contributed by atoms with Crippen LogP contribution in [-0.2, 0) is 0 Å². The van der Waals surface area contributed by atoms with E-state index in [9.17, 15) is 0 Å². The Hall–Kier alpha value is -3.26. The summed E-state index contributed by atoms with van der Waals surface area (Å²) in [7, 11) is 0. The van der Waals surface area contributed by atoms with Crippen molar-refractivity contribution in [1.82, 2.24) is 9.97 Å². The zero-order valence-electron chi connectivity index (χ0n) is 13.0. The van der Waals surface area contributed by atoms with E-state index in [1.807, 2.05) is 36.4 Å². The van der Waals surface area contributed by atoms with Gasteiger partial charge in [0, 0.05) is 29.2 Å². The van der Waals surface area contributed by atoms with Crippen molar-refractivity contribution in [3.8, 4) is 18.1 Å². The van der Waals surface area contributed by atoms with Crippen molar-refractivity contribution in [2.24, 2.45) is 0 Å². The summed E-state index contributed by atoms with van der Waals surface area (Å²) in [6.07, 6.45) is 7.99. The van der Waals surface area contributed by atoms with Crippen LogP contribution in [0.5, 0.6) is 5.75 Å². The first kappa shape index (κ1) is 14.3. The second-order valence-corrected chi connectivity index (χ2v) is 5.57. The fourth-order valence-corrected chi connectivity index (χ4v) is 2.74. The third kappa shape index (κ3) is 2.70. The summed E-state index contributed by atoms with van der Waals surface area (Å²) in [6, 6.07) is 11.7. The van der Waals surface area contributed by atoms with Gasteiger partial charge in [-0.25, -0.2) is 9.97 Å². The normalized spacial score (nSPS) is 13.1. The topological polar surface area (TPSA) is 59.1 Å². The Morgan fingerprint density at radius 1 is 1.21 bits per heavy atom. The van der Waals surface area contributed by atoms with Gasteiger partial charge >= 0.3 is 0 Å². The number of ether oxygens (including phenoxy) is 1. The van der Waals surface area contributed by atoms with E-state index in [0.29, 0.717) is 6.61 Å². The molecule has 0 atom stereocenters. The third-order valence-corrected chi connectivity index (χ3v) is 3.92. The molecule has 24 heavy (non-hydrogen) atoms. The highest BCUT2D eigenvalue weighted by Crippen LogP contribution is 2.34. The van der Waals surface area contributed by atoms with Crippen LogP contribution < -0.4 is 15.4 Å². The van der Waals surface area contributed by atoms with Gasteiger partial charge in [0.05, 0.1) is 17.8 Å². The van der Waals surface area contributed by atoms with Gasteiger partial charge in [0.1, 0.15) is 17.9 Å². The van der Waals surface area contributed by atoms with Gasteiger partial charge in [-0.05, 0) is 30.7 Å². The lowest BCUT2D eigenvalue weighted by atomic mass is 10.1. The van der Waals surface area contributed by atoms with Crippen LogP contribution in [0.2, 0.25) is 0 Å².